The Morgan fingerprint density at radius 1 is 0.402 bits per heavy atom. The molecule has 9 heteroatoms. The highest BCUT2D eigenvalue weighted by atomic mass is 16.7. The summed E-state index contributed by atoms with van der Waals surface area (Å²) in [4.78, 5) is 13.1. The van der Waals surface area contributed by atoms with Crippen molar-refractivity contribution in [2.45, 2.75) is 397 Å². The van der Waals surface area contributed by atoms with E-state index < -0.39 is 49.5 Å². The summed E-state index contributed by atoms with van der Waals surface area (Å²) >= 11 is 0. The fraction of sp³-hybridized carbons (Fsp3) is 0.877. The second kappa shape index (κ2) is 62.2. The average molecular weight is 1160 g/mol. The van der Waals surface area contributed by atoms with Crippen LogP contribution in [0.25, 0.3) is 0 Å². The lowest BCUT2D eigenvalue weighted by atomic mass is 9.99. The maximum atomic E-state index is 13.1. The summed E-state index contributed by atoms with van der Waals surface area (Å²) in [6, 6.07) is -0.829. The third-order valence-electron chi connectivity index (χ3n) is 17.1. The summed E-state index contributed by atoms with van der Waals surface area (Å²) in [6.45, 7) is 3.80. The van der Waals surface area contributed by atoms with Gasteiger partial charge in [0, 0.05) is 6.42 Å². The van der Waals surface area contributed by atoms with Crippen molar-refractivity contribution in [2.24, 2.45) is 0 Å². The van der Waals surface area contributed by atoms with Crippen LogP contribution in [0.2, 0.25) is 0 Å². The Bertz CT molecular complexity index is 1430. The number of unbranched alkanes of at least 4 members (excludes halogenated alkanes) is 47. The molecule has 0 aromatic rings. The van der Waals surface area contributed by atoms with E-state index in [1.54, 1.807) is 6.08 Å². The highest BCUT2D eigenvalue weighted by Crippen LogP contribution is 2.23. The van der Waals surface area contributed by atoms with E-state index in [1.165, 1.54) is 289 Å². The first-order valence-corrected chi connectivity index (χ1v) is 35.9. The van der Waals surface area contributed by atoms with Gasteiger partial charge in [0.15, 0.2) is 6.29 Å². The molecule has 0 aliphatic carbocycles. The van der Waals surface area contributed by atoms with Crippen molar-refractivity contribution in [1.29, 1.82) is 0 Å². The van der Waals surface area contributed by atoms with Crippen molar-refractivity contribution in [1.82, 2.24) is 5.32 Å². The third-order valence-corrected chi connectivity index (χ3v) is 17.1. The number of aliphatic hydroxyl groups excluding tert-OH is 5. The van der Waals surface area contributed by atoms with Crippen LogP contribution >= 0.6 is 0 Å². The highest BCUT2D eigenvalue weighted by molar-refractivity contribution is 5.76. The quantitative estimate of drug-likeness (QED) is 0.0261. The van der Waals surface area contributed by atoms with E-state index in [0.717, 1.165) is 44.9 Å². The van der Waals surface area contributed by atoms with Gasteiger partial charge in [0.25, 0.3) is 0 Å². The molecule has 0 spiro atoms. The zero-order valence-corrected chi connectivity index (χ0v) is 54.0. The molecule has 0 aromatic carbocycles. The van der Waals surface area contributed by atoms with E-state index >= 15 is 0 Å². The molecule has 1 aliphatic rings. The number of rotatable bonds is 63. The minimum atomic E-state index is -1.58. The Morgan fingerprint density at radius 3 is 1.02 bits per heavy atom. The van der Waals surface area contributed by atoms with Crippen LogP contribution in [0.15, 0.2) is 48.6 Å². The molecule has 1 amide bonds. The molecule has 7 unspecified atom stereocenters. The minimum absolute atomic E-state index is 0.184. The van der Waals surface area contributed by atoms with Gasteiger partial charge < -0.3 is 40.3 Å². The molecule has 0 aromatic heterocycles. The zero-order valence-electron chi connectivity index (χ0n) is 54.0. The Labute approximate surface area is 507 Å². The predicted molar refractivity (Wildman–Crippen MR) is 350 cm³/mol. The second-order valence-electron chi connectivity index (χ2n) is 25.0. The van der Waals surface area contributed by atoms with E-state index in [9.17, 15) is 30.3 Å². The molecule has 0 radical (unpaired) electrons. The largest absolute Gasteiger partial charge is 0.394 e. The smallest absolute Gasteiger partial charge is 0.220 e. The Kier molecular flexibility index (Phi) is 59.3. The maximum absolute atomic E-state index is 13.1. The number of allylic oxidation sites excluding steroid dienone is 7. The first-order valence-electron chi connectivity index (χ1n) is 35.9. The number of amides is 1. The van der Waals surface area contributed by atoms with E-state index in [4.69, 9.17) is 9.47 Å². The van der Waals surface area contributed by atoms with E-state index in [2.05, 4.69) is 55.6 Å². The van der Waals surface area contributed by atoms with Crippen LogP contribution in [-0.4, -0.2) is 87.5 Å². The molecule has 1 aliphatic heterocycles. The summed E-state index contributed by atoms with van der Waals surface area (Å²) < 4.78 is 11.3. The molecule has 482 valence electrons. The Balaban J connectivity index is 2.12. The maximum Gasteiger partial charge on any atom is 0.220 e. The lowest BCUT2D eigenvalue weighted by Crippen LogP contribution is -2.60. The number of carbonyl (C=O) groups excluding carboxylic acids is 1. The molecule has 9 nitrogen and oxygen atoms in total. The van der Waals surface area contributed by atoms with E-state index in [1.807, 2.05) is 6.08 Å². The first-order chi connectivity index (χ1) is 40.3. The van der Waals surface area contributed by atoms with Crippen LogP contribution in [0.3, 0.4) is 0 Å². The summed E-state index contributed by atoms with van der Waals surface area (Å²) in [6.07, 6.45) is 78.1. The van der Waals surface area contributed by atoms with Crippen LogP contribution in [0, 0.1) is 0 Å². The monoisotopic (exact) mass is 1160 g/mol. The molecule has 1 fully saturated rings. The van der Waals surface area contributed by atoms with Gasteiger partial charge in [-0.25, -0.2) is 0 Å². The summed E-state index contributed by atoms with van der Waals surface area (Å²) in [7, 11) is 0. The van der Waals surface area contributed by atoms with Gasteiger partial charge in [-0.3, -0.25) is 4.79 Å². The van der Waals surface area contributed by atoms with Crippen LogP contribution in [-0.2, 0) is 14.3 Å². The number of aliphatic hydroxyl groups is 5. The number of hydrogen-bond acceptors (Lipinski definition) is 8. The Morgan fingerprint density at radius 2 is 0.695 bits per heavy atom. The lowest BCUT2D eigenvalue weighted by molar-refractivity contribution is -0.302. The normalized spacial score (nSPS) is 18.5. The van der Waals surface area contributed by atoms with Gasteiger partial charge in [0.05, 0.1) is 25.4 Å². The Hall–Kier alpha value is -1.85. The van der Waals surface area contributed by atoms with Crippen LogP contribution < -0.4 is 5.32 Å². The van der Waals surface area contributed by atoms with Crippen molar-refractivity contribution < 1.29 is 39.8 Å². The molecule has 1 saturated heterocycles. The van der Waals surface area contributed by atoms with Crippen LogP contribution in [0.4, 0.5) is 0 Å². The molecule has 7 atom stereocenters. The van der Waals surface area contributed by atoms with Gasteiger partial charge in [0.1, 0.15) is 24.4 Å². The summed E-state index contributed by atoms with van der Waals surface area (Å²) in [5, 5.41) is 54.7. The number of hydrogen-bond donors (Lipinski definition) is 6. The van der Waals surface area contributed by atoms with E-state index in [-0.39, 0.29) is 12.5 Å². The molecule has 0 saturated carbocycles. The molecule has 6 N–H and O–H groups in total. The third kappa shape index (κ3) is 50.3. The fourth-order valence-electron chi connectivity index (χ4n) is 11.5. The fourth-order valence-corrected chi connectivity index (χ4v) is 11.5. The SMILES string of the molecule is CCCCCCCCCC/C=C\CCCCCCCCCCCCCCCCCCCCCCCCCC(=O)NC(COC1OC(CO)C(O)C(O)C1O)C(O)/C=C/CC/C=C/CC/C=C/CCCCCCCCCCCCCCCC. The standard InChI is InChI=1S/C73H137NO8/c1-3-5-7-9-11-13-15-17-19-21-23-25-27-29-30-31-32-33-34-35-36-37-38-39-41-43-45-47-49-51-53-55-57-59-61-63-69(77)74-66(65-81-73-72(80)71(79)70(78)68(64-75)82-73)67(76)62-60-58-56-54-52-50-48-46-44-42-40-28-26-24-22-20-18-16-14-12-10-8-6-4-2/h21,23,44,46,52,54,60,62,66-68,70-73,75-76,78-80H,3-20,22,24-43,45,47-51,53,55-59,61,63-65H2,1-2H3,(H,74,77)/b23-21-,46-44+,54-52+,62-60+. The van der Waals surface area contributed by atoms with Gasteiger partial charge in [0.2, 0.25) is 5.91 Å². The van der Waals surface area contributed by atoms with E-state index in [0.29, 0.717) is 6.42 Å². The highest BCUT2D eigenvalue weighted by Gasteiger charge is 2.44. The predicted octanol–water partition coefficient (Wildman–Crippen LogP) is 19.6. The average Bonchev–Trinajstić information content (AvgIpc) is 3.52. The zero-order chi connectivity index (χ0) is 59.3. The van der Waals surface area contributed by atoms with Crippen molar-refractivity contribution in [3.05, 3.63) is 48.6 Å². The molecule has 0 bridgehead atoms. The molecule has 82 heavy (non-hydrogen) atoms. The minimum Gasteiger partial charge on any atom is -0.394 e. The van der Waals surface area contributed by atoms with Crippen LogP contribution in [0.5, 0.6) is 0 Å². The second-order valence-corrected chi connectivity index (χ2v) is 25.0. The van der Waals surface area contributed by atoms with Crippen molar-refractivity contribution in [3.8, 4) is 0 Å². The van der Waals surface area contributed by atoms with Crippen molar-refractivity contribution >= 4 is 5.91 Å². The van der Waals surface area contributed by atoms with Gasteiger partial charge in [-0.1, -0.05) is 326 Å². The van der Waals surface area contributed by atoms with Crippen molar-refractivity contribution in [3.63, 3.8) is 0 Å². The topological polar surface area (TPSA) is 149 Å². The molecule has 1 heterocycles. The van der Waals surface area contributed by atoms with Gasteiger partial charge in [-0.05, 0) is 70.6 Å². The molecular weight excluding hydrogens is 1020 g/mol. The molecule has 1 rings (SSSR count). The van der Waals surface area contributed by atoms with Gasteiger partial charge in [-0.15, -0.1) is 0 Å². The van der Waals surface area contributed by atoms with Gasteiger partial charge in [-0.2, -0.15) is 0 Å². The van der Waals surface area contributed by atoms with Crippen molar-refractivity contribution in [2.75, 3.05) is 13.2 Å². The summed E-state index contributed by atoms with van der Waals surface area (Å²) in [5.41, 5.74) is 0. The first kappa shape index (κ1) is 78.2. The number of nitrogens with one attached hydrogen (secondary N) is 1. The number of ether oxygens (including phenoxy) is 2. The number of carbonyl (C=O) groups is 1. The summed E-state index contributed by atoms with van der Waals surface area (Å²) in [5.74, 6) is -0.184. The molecular formula is C73H137NO8. The van der Waals surface area contributed by atoms with Crippen LogP contribution in [0.1, 0.15) is 354 Å². The lowest BCUT2D eigenvalue weighted by Gasteiger charge is -2.40. The van der Waals surface area contributed by atoms with Gasteiger partial charge >= 0.3 is 0 Å².